The normalized spacial score (nSPS) is 14.1. The first-order valence-electron chi connectivity index (χ1n) is 12.0. The molecule has 1 aliphatic rings. The average molecular weight is 522 g/mol. The summed E-state index contributed by atoms with van der Waals surface area (Å²) in [6.07, 6.45) is 7.99. The molecule has 1 atom stereocenters. The number of rotatable bonds is 9. The molecule has 1 aliphatic heterocycles. The molecule has 11 heteroatoms. The number of aryl methyl sites for hydroxylation is 1. The van der Waals surface area contributed by atoms with Crippen LogP contribution in [-0.4, -0.2) is 58.6 Å². The number of hydrogen-bond acceptors (Lipinski definition) is 8. The minimum Gasteiger partial charge on any atom is -0.493 e. The third kappa shape index (κ3) is 5.56. The molecule has 1 unspecified atom stereocenters. The molecule has 0 aliphatic carbocycles. The van der Waals surface area contributed by atoms with Crippen molar-refractivity contribution in [2.24, 2.45) is 0 Å². The lowest BCUT2D eigenvalue weighted by Gasteiger charge is -2.18. The third-order valence-corrected chi connectivity index (χ3v) is 7.44. The van der Waals surface area contributed by atoms with Gasteiger partial charge in [0.2, 0.25) is 0 Å². The number of aromatic nitrogens is 4. The Morgan fingerprint density at radius 2 is 2.05 bits per heavy atom. The summed E-state index contributed by atoms with van der Waals surface area (Å²) in [5.74, 6) is 0.591. The van der Waals surface area contributed by atoms with Crippen molar-refractivity contribution in [2.75, 3.05) is 24.7 Å². The smallest absolute Gasteiger partial charge is 0.305 e. The summed E-state index contributed by atoms with van der Waals surface area (Å²) in [6, 6.07) is 10.4. The molecule has 0 amide bonds. The van der Waals surface area contributed by atoms with Gasteiger partial charge < -0.3 is 15.2 Å². The van der Waals surface area contributed by atoms with Gasteiger partial charge in [-0.3, -0.25) is 14.5 Å². The van der Waals surface area contributed by atoms with Gasteiger partial charge in [0, 0.05) is 42.7 Å². The van der Waals surface area contributed by atoms with E-state index in [2.05, 4.69) is 21.5 Å². The quantitative estimate of drug-likeness (QED) is 0.340. The fraction of sp³-hybridized carbons (Fsp3) is 0.308. The van der Waals surface area contributed by atoms with Crippen molar-refractivity contribution in [1.82, 2.24) is 19.7 Å². The van der Waals surface area contributed by atoms with E-state index in [0.717, 1.165) is 42.5 Å². The Morgan fingerprint density at radius 3 is 2.86 bits per heavy atom. The van der Waals surface area contributed by atoms with Gasteiger partial charge in [-0.2, -0.15) is 5.10 Å². The van der Waals surface area contributed by atoms with Gasteiger partial charge in [-0.15, -0.1) is 0 Å². The number of sulfone groups is 1. The molecule has 0 radical (unpaired) electrons. The van der Waals surface area contributed by atoms with Crippen molar-refractivity contribution in [3.63, 3.8) is 0 Å². The van der Waals surface area contributed by atoms with Crippen molar-refractivity contribution in [1.29, 1.82) is 0 Å². The van der Waals surface area contributed by atoms with Crippen LogP contribution in [0.1, 0.15) is 35.7 Å². The highest BCUT2D eigenvalue weighted by molar-refractivity contribution is 7.90. The molecule has 4 heterocycles. The van der Waals surface area contributed by atoms with E-state index < -0.39 is 21.8 Å². The lowest BCUT2D eigenvalue weighted by Crippen LogP contribution is -2.17. The number of carboxylic acids is 1. The molecule has 0 bridgehead atoms. The molecule has 0 fully saturated rings. The zero-order valence-corrected chi connectivity index (χ0v) is 21.1. The molecule has 4 aromatic rings. The van der Waals surface area contributed by atoms with Gasteiger partial charge in [-0.25, -0.2) is 13.4 Å². The van der Waals surface area contributed by atoms with Crippen molar-refractivity contribution in [2.45, 2.75) is 36.6 Å². The number of benzene rings is 1. The molecule has 37 heavy (non-hydrogen) atoms. The number of carbonyl (C=O) groups is 1. The van der Waals surface area contributed by atoms with E-state index in [-0.39, 0.29) is 11.3 Å². The first-order chi connectivity index (χ1) is 17.8. The van der Waals surface area contributed by atoms with E-state index in [1.165, 1.54) is 24.0 Å². The maximum Gasteiger partial charge on any atom is 0.305 e. The van der Waals surface area contributed by atoms with Gasteiger partial charge in [-0.1, -0.05) is 6.07 Å². The van der Waals surface area contributed by atoms with E-state index >= 15 is 0 Å². The van der Waals surface area contributed by atoms with Gasteiger partial charge in [0.1, 0.15) is 11.6 Å². The summed E-state index contributed by atoms with van der Waals surface area (Å²) in [7, 11) is -3.50. The summed E-state index contributed by atoms with van der Waals surface area (Å²) in [5, 5.41) is 18.1. The predicted molar refractivity (Wildman–Crippen MR) is 138 cm³/mol. The van der Waals surface area contributed by atoms with Crippen LogP contribution in [0.15, 0.2) is 59.9 Å². The lowest BCUT2D eigenvalue weighted by atomic mass is 10.1. The number of carboxylic acid groups (broad SMARTS) is 1. The Kier molecular flexibility index (Phi) is 6.79. The van der Waals surface area contributed by atoms with Crippen LogP contribution in [0.5, 0.6) is 5.75 Å². The highest BCUT2D eigenvalue weighted by Gasteiger charge is 2.23. The summed E-state index contributed by atoms with van der Waals surface area (Å²) in [4.78, 5) is 20.4. The molecule has 10 nitrogen and oxygen atoms in total. The SMILES string of the molecule is CS(=O)(=O)c1cncc(C(CC(=O)O)n2ncc3cc(OCCc4ccc5c(n4)NCCC5)ccc32)c1. The number of anilines is 1. The monoisotopic (exact) mass is 521 g/mol. The van der Waals surface area contributed by atoms with Crippen LogP contribution in [0, 0.1) is 0 Å². The van der Waals surface area contributed by atoms with Crippen LogP contribution >= 0.6 is 0 Å². The number of nitrogens with zero attached hydrogens (tertiary/aromatic N) is 4. The second-order valence-electron chi connectivity index (χ2n) is 9.09. The predicted octanol–water partition coefficient (Wildman–Crippen LogP) is 3.27. The number of hydrogen-bond donors (Lipinski definition) is 2. The number of aliphatic carboxylic acids is 1. The highest BCUT2D eigenvalue weighted by atomic mass is 32.2. The Morgan fingerprint density at radius 1 is 1.19 bits per heavy atom. The van der Waals surface area contributed by atoms with Crippen LogP contribution in [0.4, 0.5) is 5.82 Å². The lowest BCUT2D eigenvalue weighted by molar-refractivity contribution is -0.137. The molecule has 5 rings (SSSR count). The first-order valence-corrected chi connectivity index (χ1v) is 13.9. The molecule has 1 aromatic carbocycles. The summed E-state index contributed by atoms with van der Waals surface area (Å²) in [6.45, 7) is 1.40. The van der Waals surface area contributed by atoms with E-state index in [4.69, 9.17) is 9.72 Å². The molecular weight excluding hydrogens is 494 g/mol. The van der Waals surface area contributed by atoms with Crippen LogP contribution in [0.25, 0.3) is 10.9 Å². The van der Waals surface area contributed by atoms with Gasteiger partial charge in [0.25, 0.3) is 0 Å². The number of fused-ring (bicyclic) bond motifs is 2. The zero-order chi connectivity index (χ0) is 26.0. The minimum atomic E-state index is -3.50. The van der Waals surface area contributed by atoms with Gasteiger partial charge >= 0.3 is 5.97 Å². The highest BCUT2D eigenvalue weighted by Crippen LogP contribution is 2.29. The largest absolute Gasteiger partial charge is 0.493 e. The topological polar surface area (TPSA) is 136 Å². The molecule has 0 saturated carbocycles. The van der Waals surface area contributed by atoms with Crippen LogP contribution in [-0.2, 0) is 27.5 Å². The molecule has 2 N–H and O–H groups in total. The van der Waals surface area contributed by atoms with Crippen molar-refractivity contribution in [3.05, 3.63) is 71.8 Å². The standard InChI is InChI=1S/C26H27N5O5S/c1-37(34,35)22-12-19(14-27-16-22)24(13-25(32)33)31-23-7-6-21(11-18(23)15-29-31)36-10-8-20-5-4-17-3-2-9-28-26(17)30-20/h4-7,11-12,14-16,24H,2-3,8-10,13H2,1H3,(H,28,30)(H,32,33). The maximum absolute atomic E-state index is 12.0. The van der Waals surface area contributed by atoms with E-state index in [1.807, 2.05) is 24.3 Å². The first kappa shape index (κ1) is 24.7. The molecule has 3 aromatic heterocycles. The number of pyridine rings is 2. The maximum atomic E-state index is 12.0. The molecule has 0 saturated heterocycles. The Hall–Kier alpha value is -3.99. The molecule has 0 spiro atoms. The van der Waals surface area contributed by atoms with Crippen LogP contribution < -0.4 is 10.1 Å². The van der Waals surface area contributed by atoms with Gasteiger partial charge in [0.05, 0.1) is 35.7 Å². The zero-order valence-electron chi connectivity index (χ0n) is 20.3. The number of nitrogens with one attached hydrogen (secondary N) is 1. The average Bonchev–Trinajstić information content (AvgIpc) is 3.30. The van der Waals surface area contributed by atoms with E-state index in [0.29, 0.717) is 29.9 Å². The second kappa shape index (κ2) is 10.2. The fourth-order valence-electron chi connectivity index (χ4n) is 4.48. The Balaban J connectivity index is 1.34. The molecular formula is C26H27N5O5S. The van der Waals surface area contributed by atoms with Gasteiger partial charge in [0.15, 0.2) is 9.84 Å². The summed E-state index contributed by atoms with van der Waals surface area (Å²) in [5.41, 5.74) is 3.36. The summed E-state index contributed by atoms with van der Waals surface area (Å²) < 4.78 is 31.6. The van der Waals surface area contributed by atoms with Crippen LogP contribution in [0.3, 0.4) is 0 Å². The van der Waals surface area contributed by atoms with E-state index in [9.17, 15) is 18.3 Å². The van der Waals surface area contributed by atoms with Crippen molar-refractivity contribution in [3.8, 4) is 5.75 Å². The summed E-state index contributed by atoms with van der Waals surface area (Å²) >= 11 is 0. The Bertz CT molecular complexity index is 1570. The Labute approximate surface area is 214 Å². The third-order valence-electron chi connectivity index (χ3n) is 6.36. The van der Waals surface area contributed by atoms with Crippen LogP contribution in [0.2, 0.25) is 0 Å². The fourth-order valence-corrected chi connectivity index (χ4v) is 5.08. The van der Waals surface area contributed by atoms with Crippen molar-refractivity contribution >= 4 is 32.5 Å². The molecule has 192 valence electrons. The number of ether oxygens (including phenoxy) is 1. The van der Waals surface area contributed by atoms with E-state index in [1.54, 1.807) is 10.9 Å². The second-order valence-corrected chi connectivity index (χ2v) is 11.1. The van der Waals surface area contributed by atoms with Gasteiger partial charge in [-0.05, 0) is 54.3 Å². The minimum absolute atomic E-state index is 0.0248. The van der Waals surface area contributed by atoms with Crippen molar-refractivity contribution < 1.29 is 23.1 Å².